The molecule has 0 spiro atoms. The first kappa shape index (κ1) is 11.6. The van der Waals surface area contributed by atoms with Crippen molar-refractivity contribution >= 4 is 40.0 Å². The summed E-state index contributed by atoms with van der Waals surface area (Å²) in [5.41, 5.74) is -0.646. The van der Waals surface area contributed by atoms with Crippen molar-refractivity contribution in [3.05, 3.63) is 0 Å². The number of halogens is 3. The molecule has 1 fully saturated rings. The van der Waals surface area contributed by atoms with Gasteiger partial charge in [-0.1, -0.05) is 26.2 Å². The summed E-state index contributed by atoms with van der Waals surface area (Å²) >= 11 is 17.3. The maximum absolute atomic E-state index is 11.1. The van der Waals surface area contributed by atoms with E-state index in [-0.39, 0.29) is 5.24 Å². The van der Waals surface area contributed by atoms with Crippen LogP contribution in [0.1, 0.15) is 39.0 Å². The average molecular weight is 244 g/mol. The Morgan fingerprint density at radius 2 is 1.92 bits per heavy atom. The molecule has 0 saturated heterocycles. The topological polar surface area (TPSA) is 17.1 Å². The standard InChI is InChI=1S/C9H13Cl3O/c1-2-3-4-5-8(7(10)13)6-9(8,11)12/h2-6H2,1H3. The average Bonchev–Trinajstić information content (AvgIpc) is 2.56. The minimum atomic E-state index is -0.903. The Labute approximate surface area is 93.7 Å². The van der Waals surface area contributed by atoms with Gasteiger partial charge in [0.1, 0.15) is 4.33 Å². The fourth-order valence-corrected chi connectivity index (χ4v) is 2.83. The van der Waals surface area contributed by atoms with Crippen LogP contribution in [0.5, 0.6) is 0 Å². The highest BCUT2D eigenvalue weighted by molar-refractivity contribution is 6.68. The van der Waals surface area contributed by atoms with E-state index in [1.807, 2.05) is 0 Å². The van der Waals surface area contributed by atoms with Gasteiger partial charge in [-0.25, -0.2) is 0 Å². The third kappa shape index (κ3) is 2.14. The fraction of sp³-hybridized carbons (Fsp3) is 0.889. The number of carbonyl (C=O) groups excluding carboxylic acids is 1. The van der Waals surface area contributed by atoms with Gasteiger partial charge in [-0.3, -0.25) is 4.79 Å². The summed E-state index contributed by atoms with van der Waals surface area (Å²) < 4.78 is -0.903. The highest BCUT2D eigenvalue weighted by Gasteiger charge is 2.69. The first-order valence-electron chi connectivity index (χ1n) is 4.54. The lowest BCUT2D eigenvalue weighted by Gasteiger charge is -2.12. The highest BCUT2D eigenvalue weighted by atomic mass is 35.5. The van der Waals surface area contributed by atoms with E-state index in [2.05, 4.69) is 6.92 Å². The van der Waals surface area contributed by atoms with E-state index in [9.17, 15) is 4.79 Å². The molecule has 13 heavy (non-hydrogen) atoms. The number of hydrogen-bond acceptors (Lipinski definition) is 1. The third-order valence-corrected chi connectivity index (χ3v) is 4.03. The largest absolute Gasteiger partial charge is 0.281 e. The molecule has 0 amide bonds. The Morgan fingerprint density at radius 3 is 2.23 bits per heavy atom. The zero-order chi connectivity index (χ0) is 10.1. The van der Waals surface area contributed by atoms with Crippen LogP contribution in [0.4, 0.5) is 0 Å². The molecular formula is C9H13Cl3O. The number of alkyl halides is 2. The Morgan fingerprint density at radius 1 is 1.38 bits per heavy atom. The van der Waals surface area contributed by atoms with Crippen molar-refractivity contribution in [2.75, 3.05) is 0 Å². The van der Waals surface area contributed by atoms with Gasteiger partial charge in [0.15, 0.2) is 0 Å². The summed E-state index contributed by atoms with van der Waals surface area (Å²) in [6.45, 7) is 2.11. The normalized spacial score (nSPS) is 30.2. The van der Waals surface area contributed by atoms with Gasteiger partial charge in [-0.15, -0.1) is 23.2 Å². The minimum absolute atomic E-state index is 0.381. The van der Waals surface area contributed by atoms with Crippen LogP contribution in [-0.4, -0.2) is 9.58 Å². The van der Waals surface area contributed by atoms with Crippen molar-refractivity contribution in [1.29, 1.82) is 0 Å². The van der Waals surface area contributed by atoms with E-state index >= 15 is 0 Å². The first-order chi connectivity index (χ1) is 5.96. The lowest BCUT2D eigenvalue weighted by Crippen LogP contribution is -2.17. The second kappa shape index (κ2) is 3.96. The van der Waals surface area contributed by atoms with Gasteiger partial charge in [0, 0.05) is 0 Å². The second-order valence-electron chi connectivity index (χ2n) is 3.69. The molecule has 4 heteroatoms. The molecule has 1 rings (SSSR count). The summed E-state index contributed by atoms with van der Waals surface area (Å²) in [6.07, 6.45) is 4.40. The summed E-state index contributed by atoms with van der Waals surface area (Å²) in [7, 11) is 0. The molecule has 1 nitrogen and oxygen atoms in total. The van der Waals surface area contributed by atoms with Crippen molar-refractivity contribution in [3.63, 3.8) is 0 Å². The van der Waals surface area contributed by atoms with Crippen molar-refractivity contribution in [2.24, 2.45) is 5.41 Å². The SMILES string of the molecule is CCCCCC1(C(=O)Cl)CC1(Cl)Cl. The molecule has 0 heterocycles. The molecular weight excluding hydrogens is 230 g/mol. The molecule has 1 unspecified atom stereocenters. The van der Waals surface area contributed by atoms with Crippen LogP contribution < -0.4 is 0 Å². The lowest BCUT2D eigenvalue weighted by molar-refractivity contribution is -0.116. The Kier molecular flexibility index (Phi) is 3.54. The molecule has 0 aromatic rings. The molecule has 0 radical (unpaired) electrons. The molecule has 76 valence electrons. The third-order valence-electron chi connectivity index (χ3n) is 2.68. The zero-order valence-corrected chi connectivity index (χ0v) is 9.85. The van der Waals surface area contributed by atoms with Crippen LogP contribution in [0.2, 0.25) is 0 Å². The van der Waals surface area contributed by atoms with E-state index in [1.165, 1.54) is 0 Å². The van der Waals surface area contributed by atoms with Gasteiger partial charge < -0.3 is 0 Å². The van der Waals surface area contributed by atoms with Gasteiger partial charge >= 0.3 is 0 Å². The van der Waals surface area contributed by atoms with Crippen LogP contribution in [0.3, 0.4) is 0 Å². The van der Waals surface area contributed by atoms with Crippen molar-refractivity contribution < 1.29 is 4.79 Å². The van der Waals surface area contributed by atoms with Crippen molar-refractivity contribution in [1.82, 2.24) is 0 Å². The lowest BCUT2D eigenvalue weighted by atomic mass is 10.00. The molecule has 0 N–H and O–H groups in total. The van der Waals surface area contributed by atoms with Gasteiger partial charge in [0.05, 0.1) is 5.41 Å². The number of hydrogen-bond donors (Lipinski definition) is 0. The van der Waals surface area contributed by atoms with Crippen molar-refractivity contribution in [2.45, 2.75) is 43.4 Å². The summed E-state index contributed by atoms with van der Waals surface area (Å²) in [5.74, 6) is 0. The number of rotatable bonds is 5. The molecule has 1 saturated carbocycles. The predicted molar refractivity (Wildman–Crippen MR) is 56.5 cm³/mol. The van der Waals surface area contributed by atoms with Gasteiger partial charge in [0.25, 0.3) is 0 Å². The van der Waals surface area contributed by atoms with Crippen LogP contribution in [0.25, 0.3) is 0 Å². The molecule has 0 aromatic heterocycles. The van der Waals surface area contributed by atoms with Gasteiger partial charge in [-0.05, 0) is 24.4 Å². The molecule has 0 aliphatic heterocycles. The number of unbranched alkanes of at least 4 members (excludes halogenated alkanes) is 2. The Balaban J connectivity index is 2.48. The summed E-state index contributed by atoms with van der Waals surface area (Å²) in [4.78, 5) is 11.1. The van der Waals surface area contributed by atoms with Crippen LogP contribution in [0, 0.1) is 5.41 Å². The van der Waals surface area contributed by atoms with E-state index in [1.54, 1.807) is 0 Å². The zero-order valence-electron chi connectivity index (χ0n) is 7.58. The Hall–Kier alpha value is 0.540. The smallest absolute Gasteiger partial charge is 0.230 e. The first-order valence-corrected chi connectivity index (χ1v) is 5.67. The summed E-state index contributed by atoms with van der Waals surface area (Å²) in [6, 6.07) is 0. The van der Waals surface area contributed by atoms with Crippen LogP contribution >= 0.6 is 34.8 Å². The molecule has 0 bridgehead atoms. The van der Waals surface area contributed by atoms with E-state index < -0.39 is 9.75 Å². The molecule has 0 aromatic carbocycles. The van der Waals surface area contributed by atoms with Crippen LogP contribution in [-0.2, 0) is 4.79 Å². The van der Waals surface area contributed by atoms with Gasteiger partial charge in [0.2, 0.25) is 5.24 Å². The predicted octanol–water partition coefficient (Wildman–Crippen LogP) is 3.90. The quantitative estimate of drug-likeness (QED) is 0.407. The second-order valence-corrected chi connectivity index (χ2v) is 5.52. The summed E-state index contributed by atoms with van der Waals surface area (Å²) in [5, 5.41) is -0.381. The van der Waals surface area contributed by atoms with E-state index in [0.717, 1.165) is 25.7 Å². The van der Waals surface area contributed by atoms with Crippen molar-refractivity contribution in [3.8, 4) is 0 Å². The van der Waals surface area contributed by atoms with Gasteiger partial charge in [-0.2, -0.15) is 0 Å². The minimum Gasteiger partial charge on any atom is -0.281 e. The molecule has 1 atom stereocenters. The van der Waals surface area contributed by atoms with E-state index in [0.29, 0.717) is 6.42 Å². The number of carbonyl (C=O) groups is 1. The maximum Gasteiger partial charge on any atom is 0.230 e. The maximum atomic E-state index is 11.1. The van der Waals surface area contributed by atoms with E-state index in [4.69, 9.17) is 34.8 Å². The van der Waals surface area contributed by atoms with Crippen LogP contribution in [0.15, 0.2) is 0 Å². The molecule has 1 aliphatic carbocycles. The highest BCUT2D eigenvalue weighted by Crippen LogP contribution is 2.67. The molecule has 1 aliphatic rings. The monoisotopic (exact) mass is 242 g/mol. The Bertz CT molecular complexity index is 215. The fourth-order valence-electron chi connectivity index (χ4n) is 1.59.